The summed E-state index contributed by atoms with van der Waals surface area (Å²) in [5, 5.41) is 2.73. The fourth-order valence-electron chi connectivity index (χ4n) is 3.13. The summed E-state index contributed by atoms with van der Waals surface area (Å²) in [7, 11) is -3.10. The third-order valence-corrected chi connectivity index (χ3v) is 6.23. The highest BCUT2D eigenvalue weighted by atomic mass is 32.2. The summed E-state index contributed by atoms with van der Waals surface area (Å²) in [6.45, 7) is 2.18. The topological polar surface area (TPSA) is 96.4 Å². The fraction of sp³-hybridized carbons (Fsp3) is 0.316. The number of carbonyl (C=O) groups is 2. The van der Waals surface area contributed by atoms with Gasteiger partial charge < -0.3 is 10.2 Å². The number of hydrogen-bond acceptors (Lipinski definition) is 5. The molecule has 0 aliphatic carbocycles. The Hall–Kier alpha value is -2.74. The lowest BCUT2D eigenvalue weighted by Gasteiger charge is -2.26. The average Bonchev–Trinajstić information content (AvgIpc) is 3.02. The Balaban J connectivity index is 1.77. The van der Waals surface area contributed by atoms with Gasteiger partial charge in [0.1, 0.15) is 11.4 Å². The highest BCUT2D eigenvalue weighted by molar-refractivity contribution is 7.91. The first kappa shape index (κ1) is 19.0. The van der Waals surface area contributed by atoms with E-state index < -0.39 is 15.7 Å². The largest absolute Gasteiger partial charge is 0.334 e. The Bertz CT molecular complexity index is 944. The second-order valence-corrected chi connectivity index (χ2v) is 8.60. The summed E-state index contributed by atoms with van der Waals surface area (Å²) in [6.07, 6.45) is 0.427. The first-order valence-corrected chi connectivity index (χ1v) is 10.6. The van der Waals surface area contributed by atoms with E-state index >= 15 is 0 Å². The van der Waals surface area contributed by atoms with Crippen molar-refractivity contribution in [3.63, 3.8) is 0 Å². The van der Waals surface area contributed by atoms with E-state index in [1.54, 1.807) is 37.3 Å². The van der Waals surface area contributed by atoms with Crippen molar-refractivity contribution in [3.05, 3.63) is 59.9 Å². The number of para-hydroxylation sites is 1. The van der Waals surface area contributed by atoms with Crippen molar-refractivity contribution in [1.29, 1.82) is 0 Å². The molecule has 1 unspecified atom stereocenters. The predicted octanol–water partition coefficient (Wildman–Crippen LogP) is 1.98. The van der Waals surface area contributed by atoms with Crippen molar-refractivity contribution in [1.82, 2.24) is 9.88 Å². The normalized spacial score (nSPS) is 18.0. The van der Waals surface area contributed by atoms with Crippen LogP contribution in [0, 0.1) is 0 Å². The molecular weight excluding hydrogens is 366 g/mol. The molecule has 1 aromatic heterocycles. The van der Waals surface area contributed by atoms with Crippen LogP contribution in [0.25, 0.3) is 0 Å². The maximum absolute atomic E-state index is 12.8. The minimum absolute atomic E-state index is 0.0270. The molecule has 7 nitrogen and oxygen atoms in total. The van der Waals surface area contributed by atoms with Gasteiger partial charge in [0.2, 0.25) is 0 Å². The van der Waals surface area contributed by atoms with Gasteiger partial charge >= 0.3 is 0 Å². The van der Waals surface area contributed by atoms with Gasteiger partial charge in [0.15, 0.2) is 9.84 Å². The number of benzene rings is 1. The van der Waals surface area contributed by atoms with Gasteiger partial charge in [0.05, 0.1) is 11.5 Å². The van der Waals surface area contributed by atoms with E-state index in [1.807, 2.05) is 6.07 Å². The summed E-state index contributed by atoms with van der Waals surface area (Å²) in [6, 6.07) is 13.3. The Morgan fingerprint density at radius 1 is 1.11 bits per heavy atom. The van der Waals surface area contributed by atoms with Crippen LogP contribution >= 0.6 is 0 Å². The maximum Gasteiger partial charge on any atom is 0.274 e. The van der Waals surface area contributed by atoms with Crippen molar-refractivity contribution < 1.29 is 18.0 Å². The van der Waals surface area contributed by atoms with E-state index in [2.05, 4.69) is 10.3 Å². The highest BCUT2D eigenvalue weighted by Crippen LogP contribution is 2.19. The van der Waals surface area contributed by atoms with E-state index in [9.17, 15) is 18.0 Å². The lowest BCUT2D eigenvalue weighted by molar-refractivity contribution is 0.0702. The Kier molecular flexibility index (Phi) is 5.55. The zero-order valence-electron chi connectivity index (χ0n) is 15.0. The number of anilines is 1. The number of rotatable bonds is 5. The first-order valence-electron chi connectivity index (χ1n) is 8.74. The minimum atomic E-state index is -3.10. The van der Waals surface area contributed by atoms with E-state index in [4.69, 9.17) is 0 Å². The van der Waals surface area contributed by atoms with Gasteiger partial charge in [-0.05, 0) is 37.6 Å². The van der Waals surface area contributed by atoms with Crippen molar-refractivity contribution in [2.75, 3.05) is 23.4 Å². The molecule has 0 bridgehead atoms. The molecule has 2 heterocycles. The fourth-order valence-corrected chi connectivity index (χ4v) is 4.86. The number of pyridine rings is 1. The Morgan fingerprint density at radius 3 is 2.44 bits per heavy atom. The molecule has 2 amide bonds. The number of nitrogens with zero attached hydrogens (tertiary/aromatic N) is 2. The van der Waals surface area contributed by atoms with Gasteiger partial charge in [-0.1, -0.05) is 24.3 Å². The molecule has 2 aromatic rings. The molecule has 1 aliphatic rings. The van der Waals surface area contributed by atoms with Gasteiger partial charge in [-0.15, -0.1) is 0 Å². The summed E-state index contributed by atoms with van der Waals surface area (Å²) in [5.41, 5.74) is 0.883. The molecule has 0 radical (unpaired) electrons. The van der Waals surface area contributed by atoms with E-state index in [1.165, 1.54) is 17.0 Å². The second kappa shape index (κ2) is 7.87. The molecule has 1 atom stereocenters. The number of hydrogen-bond donors (Lipinski definition) is 1. The monoisotopic (exact) mass is 387 g/mol. The zero-order valence-corrected chi connectivity index (χ0v) is 15.8. The molecule has 1 aliphatic heterocycles. The first-order chi connectivity index (χ1) is 12.9. The molecule has 1 aromatic carbocycles. The summed E-state index contributed by atoms with van der Waals surface area (Å²) < 4.78 is 23.5. The van der Waals surface area contributed by atoms with Gasteiger partial charge in [0, 0.05) is 18.3 Å². The second-order valence-electron chi connectivity index (χ2n) is 6.38. The van der Waals surface area contributed by atoms with Crippen molar-refractivity contribution >= 4 is 27.3 Å². The van der Waals surface area contributed by atoms with Crippen LogP contribution in [-0.2, 0) is 9.84 Å². The molecule has 142 valence electrons. The average molecular weight is 387 g/mol. The van der Waals surface area contributed by atoms with Gasteiger partial charge in [-0.2, -0.15) is 0 Å². The quantitative estimate of drug-likeness (QED) is 0.846. The van der Waals surface area contributed by atoms with Crippen molar-refractivity contribution in [2.45, 2.75) is 19.4 Å². The SMILES string of the molecule is CCN(C(=O)c1cccc(C(=O)Nc2ccccc2)n1)C1CCS(=O)(=O)C1. The zero-order chi connectivity index (χ0) is 19.4. The maximum atomic E-state index is 12.8. The minimum Gasteiger partial charge on any atom is -0.334 e. The van der Waals surface area contributed by atoms with Gasteiger partial charge in [-0.3, -0.25) is 9.59 Å². The lowest BCUT2D eigenvalue weighted by Crippen LogP contribution is -2.41. The van der Waals surface area contributed by atoms with Crippen LogP contribution in [-0.4, -0.2) is 54.2 Å². The Morgan fingerprint density at radius 2 is 1.81 bits per heavy atom. The molecule has 1 N–H and O–H groups in total. The third-order valence-electron chi connectivity index (χ3n) is 4.48. The summed E-state index contributed by atoms with van der Waals surface area (Å²) in [5.74, 6) is -0.717. The van der Waals surface area contributed by atoms with Crippen molar-refractivity contribution in [3.8, 4) is 0 Å². The number of aromatic nitrogens is 1. The molecule has 8 heteroatoms. The number of carbonyl (C=O) groups excluding carboxylic acids is 2. The molecule has 0 saturated carbocycles. The molecule has 1 fully saturated rings. The van der Waals surface area contributed by atoms with Crippen molar-refractivity contribution in [2.24, 2.45) is 0 Å². The standard InChI is InChI=1S/C19H21N3O4S/c1-2-22(15-11-12-27(25,26)13-15)19(24)17-10-6-9-16(21-17)18(23)20-14-7-4-3-5-8-14/h3-10,15H,2,11-13H2,1H3,(H,20,23). The summed E-state index contributed by atoms with van der Waals surface area (Å²) >= 11 is 0. The molecule has 1 saturated heterocycles. The number of amides is 2. The van der Waals surface area contributed by atoms with Crippen LogP contribution in [0.15, 0.2) is 48.5 Å². The van der Waals surface area contributed by atoms with Crippen LogP contribution in [0.5, 0.6) is 0 Å². The van der Waals surface area contributed by atoms with E-state index in [0.717, 1.165) is 0 Å². The summed E-state index contributed by atoms with van der Waals surface area (Å²) in [4.78, 5) is 30.9. The van der Waals surface area contributed by atoms with Crippen LogP contribution in [0.2, 0.25) is 0 Å². The Labute approximate surface area is 158 Å². The lowest BCUT2D eigenvalue weighted by atomic mass is 10.2. The van der Waals surface area contributed by atoms with Crippen LogP contribution in [0.3, 0.4) is 0 Å². The van der Waals surface area contributed by atoms with Crippen LogP contribution < -0.4 is 5.32 Å². The third kappa shape index (κ3) is 4.51. The molecular formula is C19H21N3O4S. The van der Waals surface area contributed by atoms with Gasteiger partial charge in [0.25, 0.3) is 11.8 Å². The van der Waals surface area contributed by atoms with Gasteiger partial charge in [-0.25, -0.2) is 13.4 Å². The molecule has 0 spiro atoms. The number of nitrogens with one attached hydrogen (secondary N) is 1. The van der Waals surface area contributed by atoms with Crippen LogP contribution in [0.1, 0.15) is 34.3 Å². The molecule has 3 rings (SSSR count). The van der Waals surface area contributed by atoms with E-state index in [0.29, 0.717) is 18.7 Å². The predicted molar refractivity (Wildman–Crippen MR) is 102 cm³/mol. The number of sulfone groups is 1. The highest BCUT2D eigenvalue weighted by Gasteiger charge is 2.34. The van der Waals surface area contributed by atoms with E-state index in [-0.39, 0.29) is 34.8 Å². The molecule has 27 heavy (non-hydrogen) atoms. The van der Waals surface area contributed by atoms with Crippen LogP contribution in [0.4, 0.5) is 5.69 Å². The smallest absolute Gasteiger partial charge is 0.274 e.